The lowest BCUT2D eigenvalue weighted by Crippen LogP contribution is -2.49. The van der Waals surface area contributed by atoms with Gasteiger partial charge in [0.2, 0.25) is 0 Å². The first-order valence-electron chi connectivity index (χ1n) is 6.12. The Morgan fingerprint density at radius 2 is 2.06 bits per heavy atom. The van der Waals surface area contributed by atoms with E-state index in [0.29, 0.717) is 6.54 Å². The Bertz CT molecular complexity index is 279. The molecule has 3 N–H and O–H groups in total. The van der Waals surface area contributed by atoms with E-state index in [1.807, 2.05) is 0 Å². The molecule has 0 spiro atoms. The molecule has 1 aliphatic heterocycles. The zero-order valence-electron chi connectivity index (χ0n) is 10.6. The Labute approximate surface area is 106 Å². The van der Waals surface area contributed by atoms with Gasteiger partial charge in [-0.3, -0.25) is 0 Å². The summed E-state index contributed by atoms with van der Waals surface area (Å²) in [7, 11) is 1.39. The molecular weight excluding hydrogens is 238 g/mol. The van der Waals surface area contributed by atoms with E-state index in [0.717, 1.165) is 19.6 Å². The summed E-state index contributed by atoms with van der Waals surface area (Å²) in [5.74, 6) is -1.11. The van der Waals surface area contributed by atoms with Crippen molar-refractivity contribution in [1.82, 2.24) is 15.5 Å². The number of methoxy groups -OCH3 is 1. The van der Waals surface area contributed by atoms with Gasteiger partial charge >= 0.3 is 12.0 Å². The number of hydrogen-bond acceptors (Lipinski definition) is 4. The predicted molar refractivity (Wildman–Crippen MR) is 65.5 cm³/mol. The monoisotopic (exact) mass is 259 g/mol. The van der Waals surface area contributed by atoms with E-state index in [4.69, 9.17) is 9.84 Å². The highest BCUT2D eigenvalue weighted by atomic mass is 16.5. The molecule has 0 aromatic carbocycles. The van der Waals surface area contributed by atoms with Crippen molar-refractivity contribution in [1.29, 1.82) is 0 Å². The third kappa shape index (κ3) is 5.33. The van der Waals surface area contributed by atoms with Crippen molar-refractivity contribution >= 4 is 12.0 Å². The van der Waals surface area contributed by atoms with Crippen LogP contribution >= 0.6 is 0 Å². The first kappa shape index (κ1) is 14.7. The number of carbonyl (C=O) groups is 2. The number of aliphatic carboxylic acids is 1. The van der Waals surface area contributed by atoms with E-state index >= 15 is 0 Å². The topological polar surface area (TPSA) is 90.9 Å². The number of amides is 2. The molecule has 0 bridgehead atoms. The second kappa shape index (κ2) is 7.88. The summed E-state index contributed by atoms with van der Waals surface area (Å²) in [6.07, 6.45) is 2.42. The van der Waals surface area contributed by atoms with Gasteiger partial charge in [-0.2, -0.15) is 0 Å². The number of nitrogens with one attached hydrogen (secondary N) is 2. The molecule has 7 heteroatoms. The van der Waals surface area contributed by atoms with E-state index in [2.05, 4.69) is 15.5 Å². The molecule has 1 rings (SSSR count). The number of rotatable bonds is 7. The fraction of sp³-hybridized carbons (Fsp3) is 0.818. The van der Waals surface area contributed by atoms with Gasteiger partial charge in [0.05, 0.1) is 6.61 Å². The molecule has 0 aromatic rings. The van der Waals surface area contributed by atoms with Crippen LogP contribution in [0.25, 0.3) is 0 Å². The predicted octanol–water partition coefficient (Wildman–Crippen LogP) is -0.519. The highest BCUT2D eigenvalue weighted by molar-refractivity contribution is 5.82. The molecule has 1 unspecified atom stereocenters. The van der Waals surface area contributed by atoms with Gasteiger partial charge in [0, 0.05) is 20.2 Å². The number of likely N-dealkylation sites (tertiary alicyclic amines) is 1. The van der Waals surface area contributed by atoms with Gasteiger partial charge in [0.15, 0.2) is 6.04 Å². The smallest absolute Gasteiger partial charge is 0.328 e. The molecule has 0 aliphatic carbocycles. The number of carboxylic acid groups (broad SMARTS) is 1. The molecule has 0 aromatic heterocycles. The summed E-state index contributed by atoms with van der Waals surface area (Å²) in [5, 5.41) is 13.8. The van der Waals surface area contributed by atoms with E-state index in [-0.39, 0.29) is 6.61 Å². The van der Waals surface area contributed by atoms with Crippen molar-refractivity contribution in [2.45, 2.75) is 18.9 Å². The Hall–Kier alpha value is -1.34. The molecule has 1 heterocycles. The fourth-order valence-electron chi connectivity index (χ4n) is 1.88. The molecular formula is C11H21N3O4. The van der Waals surface area contributed by atoms with Crippen LogP contribution in [0, 0.1) is 0 Å². The van der Waals surface area contributed by atoms with Gasteiger partial charge in [-0.25, -0.2) is 9.59 Å². The number of carboxylic acids is 1. The van der Waals surface area contributed by atoms with Crippen molar-refractivity contribution in [2.75, 3.05) is 39.9 Å². The summed E-state index contributed by atoms with van der Waals surface area (Å²) in [5.41, 5.74) is 0. The van der Waals surface area contributed by atoms with Crippen molar-refractivity contribution < 1.29 is 19.4 Å². The van der Waals surface area contributed by atoms with E-state index < -0.39 is 18.0 Å². The average molecular weight is 259 g/mol. The first-order valence-corrected chi connectivity index (χ1v) is 6.12. The Morgan fingerprint density at radius 3 is 2.61 bits per heavy atom. The average Bonchev–Trinajstić information content (AvgIpc) is 2.81. The normalized spacial score (nSPS) is 17.4. The number of carbonyl (C=O) groups excluding carboxylic acids is 1. The zero-order chi connectivity index (χ0) is 13.4. The van der Waals surface area contributed by atoms with E-state index in [1.54, 1.807) is 0 Å². The van der Waals surface area contributed by atoms with E-state index in [1.165, 1.54) is 20.0 Å². The van der Waals surface area contributed by atoms with Gasteiger partial charge in [-0.1, -0.05) is 0 Å². The largest absolute Gasteiger partial charge is 0.480 e. The molecule has 1 fully saturated rings. The number of nitrogens with zero attached hydrogens (tertiary/aromatic N) is 1. The molecule has 7 nitrogen and oxygen atoms in total. The van der Waals surface area contributed by atoms with Crippen LogP contribution in [0.4, 0.5) is 4.79 Å². The van der Waals surface area contributed by atoms with Crippen LogP contribution in [0.3, 0.4) is 0 Å². The highest BCUT2D eigenvalue weighted by Crippen LogP contribution is 2.05. The van der Waals surface area contributed by atoms with Gasteiger partial charge in [-0.15, -0.1) is 0 Å². The second-order valence-electron chi connectivity index (χ2n) is 4.30. The maximum atomic E-state index is 11.4. The molecule has 2 amide bonds. The zero-order valence-corrected chi connectivity index (χ0v) is 10.6. The van der Waals surface area contributed by atoms with Crippen molar-refractivity contribution in [3.63, 3.8) is 0 Å². The van der Waals surface area contributed by atoms with Crippen molar-refractivity contribution in [3.05, 3.63) is 0 Å². The fourth-order valence-corrected chi connectivity index (χ4v) is 1.88. The number of ether oxygens (including phenoxy) is 1. The van der Waals surface area contributed by atoms with Gasteiger partial charge in [0.25, 0.3) is 0 Å². The molecule has 0 saturated carbocycles. The quantitative estimate of drug-likeness (QED) is 0.572. The first-order chi connectivity index (χ1) is 8.63. The van der Waals surface area contributed by atoms with Gasteiger partial charge < -0.3 is 25.4 Å². The Kier molecular flexibility index (Phi) is 6.45. The summed E-state index contributed by atoms with van der Waals surface area (Å²) in [6.45, 7) is 3.42. The van der Waals surface area contributed by atoms with Gasteiger partial charge in [-0.05, 0) is 25.9 Å². The molecule has 0 radical (unpaired) electrons. The standard InChI is InChI=1S/C11H21N3O4/c1-18-8-9(10(15)16)13-11(17)12-4-7-14-5-2-3-6-14/h9H,2-8H2,1H3,(H,15,16)(H2,12,13,17). The lowest BCUT2D eigenvalue weighted by Gasteiger charge is -2.17. The molecule has 1 saturated heterocycles. The van der Waals surface area contributed by atoms with Gasteiger partial charge in [0.1, 0.15) is 0 Å². The van der Waals surface area contributed by atoms with Crippen molar-refractivity contribution in [2.24, 2.45) is 0 Å². The number of urea groups is 1. The minimum atomic E-state index is -1.11. The third-order valence-corrected chi connectivity index (χ3v) is 2.85. The van der Waals surface area contributed by atoms with Crippen LogP contribution in [0.2, 0.25) is 0 Å². The number of hydrogen-bond donors (Lipinski definition) is 3. The second-order valence-corrected chi connectivity index (χ2v) is 4.30. The van der Waals surface area contributed by atoms with Crippen LogP contribution < -0.4 is 10.6 Å². The molecule has 1 atom stereocenters. The summed E-state index contributed by atoms with van der Waals surface area (Å²) < 4.78 is 4.72. The molecule has 18 heavy (non-hydrogen) atoms. The maximum Gasteiger partial charge on any atom is 0.328 e. The Morgan fingerprint density at radius 1 is 1.39 bits per heavy atom. The van der Waals surface area contributed by atoms with E-state index in [9.17, 15) is 9.59 Å². The summed E-state index contributed by atoms with van der Waals surface area (Å²) >= 11 is 0. The van der Waals surface area contributed by atoms with Crippen LogP contribution in [-0.4, -0.2) is 67.9 Å². The Balaban J connectivity index is 2.16. The maximum absolute atomic E-state index is 11.4. The summed E-state index contributed by atoms with van der Waals surface area (Å²) in [4.78, 5) is 24.5. The molecule has 104 valence electrons. The lowest BCUT2D eigenvalue weighted by atomic mass is 10.3. The van der Waals surface area contributed by atoms with Crippen molar-refractivity contribution in [3.8, 4) is 0 Å². The highest BCUT2D eigenvalue weighted by Gasteiger charge is 2.19. The summed E-state index contributed by atoms with van der Waals surface area (Å²) in [6, 6.07) is -1.49. The minimum absolute atomic E-state index is 0.0467. The lowest BCUT2D eigenvalue weighted by molar-refractivity contribution is -0.140. The SMILES string of the molecule is COCC(NC(=O)NCCN1CCCC1)C(=O)O. The minimum Gasteiger partial charge on any atom is -0.480 e. The van der Waals surface area contributed by atoms with Crippen LogP contribution in [0.15, 0.2) is 0 Å². The van der Waals surface area contributed by atoms with Crippen LogP contribution in [0.1, 0.15) is 12.8 Å². The van der Waals surface area contributed by atoms with Crippen LogP contribution in [0.5, 0.6) is 0 Å². The third-order valence-electron chi connectivity index (χ3n) is 2.85. The van der Waals surface area contributed by atoms with Crippen LogP contribution in [-0.2, 0) is 9.53 Å². The molecule has 1 aliphatic rings.